The number of ether oxygens (including phenoxy) is 1. The third-order valence-electron chi connectivity index (χ3n) is 4.16. The van der Waals surface area contributed by atoms with Crippen LogP contribution in [0.3, 0.4) is 0 Å². The van der Waals surface area contributed by atoms with Gasteiger partial charge in [-0.05, 0) is 18.9 Å². The van der Waals surface area contributed by atoms with Gasteiger partial charge in [0, 0.05) is 31.6 Å². The molecule has 0 radical (unpaired) electrons. The number of aromatic nitrogens is 5. The summed E-state index contributed by atoms with van der Waals surface area (Å²) in [6.07, 6.45) is 3.66. The molecule has 3 aromatic rings. The molecular weight excluding hydrogens is 456 g/mol. The molecular formula is C17H14ClFN6O3Zn. The van der Waals surface area contributed by atoms with E-state index in [-0.39, 0.29) is 47.4 Å². The molecule has 1 aliphatic rings. The fourth-order valence-corrected chi connectivity index (χ4v) is 2.90. The second kappa shape index (κ2) is 8.38. The number of halogens is 2. The van der Waals surface area contributed by atoms with Gasteiger partial charge in [0.05, 0.1) is 30.1 Å². The summed E-state index contributed by atoms with van der Waals surface area (Å²) in [5.74, 6) is -1.34. The third kappa shape index (κ3) is 4.35. The first-order valence-corrected chi connectivity index (χ1v) is 8.66. The van der Waals surface area contributed by atoms with E-state index < -0.39 is 11.8 Å². The van der Waals surface area contributed by atoms with Crippen molar-refractivity contribution in [2.24, 2.45) is 0 Å². The molecule has 146 valence electrons. The van der Waals surface area contributed by atoms with Gasteiger partial charge in [0.1, 0.15) is 12.1 Å². The van der Waals surface area contributed by atoms with Gasteiger partial charge in [-0.2, -0.15) is 5.10 Å². The van der Waals surface area contributed by atoms with Crippen LogP contribution in [0.4, 0.5) is 15.8 Å². The molecule has 2 N–H and O–H groups in total. The van der Waals surface area contributed by atoms with E-state index in [9.17, 15) is 14.3 Å². The molecule has 0 amide bonds. The minimum absolute atomic E-state index is 0. The second-order valence-corrected chi connectivity index (χ2v) is 6.56. The summed E-state index contributed by atoms with van der Waals surface area (Å²) in [6, 6.07) is 4.02. The van der Waals surface area contributed by atoms with Crippen molar-refractivity contribution < 1.29 is 38.5 Å². The van der Waals surface area contributed by atoms with Crippen LogP contribution >= 0.6 is 11.6 Å². The van der Waals surface area contributed by atoms with E-state index in [1.54, 1.807) is 11.0 Å². The summed E-state index contributed by atoms with van der Waals surface area (Å²) in [6.45, 7) is 0. The van der Waals surface area contributed by atoms with Crippen molar-refractivity contribution >= 4 is 28.9 Å². The standard InChI is InChI=1S/C17H14ClFN6O3.Zn/c1-28-15-10(16-20-7-25(24-16)9-2-3-9)4-8(19)5-12(15)21-11-6-13(18)22-23-14(11)17(26)27;/h4-7,9H,2-3H2,1H3,(H,21,22)(H,26,27);. The Morgan fingerprint density at radius 1 is 1.31 bits per heavy atom. The number of rotatable bonds is 6. The summed E-state index contributed by atoms with van der Waals surface area (Å²) in [5, 5.41) is 23.6. The Balaban J connectivity index is 0.00000240. The van der Waals surface area contributed by atoms with Crippen LogP contribution in [0.2, 0.25) is 5.15 Å². The number of carboxylic acids is 1. The number of hydrogen-bond acceptors (Lipinski definition) is 7. The Kier molecular flexibility index (Phi) is 6.09. The maximum atomic E-state index is 14.3. The number of carboxylic acid groups (broad SMARTS) is 1. The van der Waals surface area contributed by atoms with Gasteiger partial charge in [-0.15, -0.1) is 10.2 Å². The number of methoxy groups -OCH3 is 1. The van der Waals surface area contributed by atoms with Gasteiger partial charge in [-0.25, -0.2) is 18.9 Å². The minimum atomic E-state index is -1.31. The van der Waals surface area contributed by atoms with E-state index in [0.717, 1.165) is 12.8 Å². The van der Waals surface area contributed by atoms with Crippen molar-refractivity contribution in [3.8, 4) is 17.1 Å². The topological polar surface area (TPSA) is 115 Å². The van der Waals surface area contributed by atoms with Crippen molar-refractivity contribution in [2.45, 2.75) is 18.9 Å². The monoisotopic (exact) mass is 468 g/mol. The SMILES string of the molecule is COc1c(Nc2cc(Cl)nnc2C(=O)O)cc(F)cc1-c1ncn(C2CC2)n1.[Zn]. The van der Waals surface area contributed by atoms with Gasteiger partial charge in [-0.1, -0.05) is 11.6 Å². The van der Waals surface area contributed by atoms with Crippen LogP contribution in [-0.2, 0) is 19.5 Å². The van der Waals surface area contributed by atoms with Crippen molar-refractivity contribution in [3.63, 3.8) is 0 Å². The minimum Gasteiger partial charge on any atom is -0.494 e. The molecule has 2 heterocycles. The fourth-order valence-electron chi connectivity index (χ4n) is 2.75. The summed E-state index contributed by atoms with van der Waals surface area (Å²) < 4.78 is 21.5. The first-order valence-electron chi connectivity index (χ1n) is 8.29. The van der Waals surface area contributed by atoms with Crippen molar-refractivity contribution in [1.82, 2.24) is 25.0 Å². The Bertz CT molecular complexity index is 1080. The number of carbonyl (C=O) groups is 1. The molecule has 1 fully saturated rings. The van der Waals surface area contributed by atoms with Crippen LogP contribution in [-0.4, -0.2) is 43.1 Å². The molecule has 0 spiro atoms. The molecule has 1 aromatic carbocycles. The van der Waals surface area contributed by atoms with Crippen LogP contribution in [0.1, 0.15) is 29.4 Å². The average Bonchev–Trinajstić information content (AvgIpc) is 3.38. The molecule has 0 atom stereocenters. The van der Waals surface area contributed by atoms with E-state index >= 15 is 0 Å². The van der Waals surface area contributed by atoms with Gasteiger partial charge < -0.3 is 15.2 Å². The van der Waals surface area contributed by atoms with E-state index in [1.165, 1.54) is 25.3 Å². The van der Waals surface area contributed by atoms with Gasteiger partial charge in [0.15, 0.2) is 22.4 Å². The first kappa shape index (κ1) is 21.1. The zero-order chi connectivity index (χ0) is 19.8. The fraction of sp³-hybridized carbons (Fsp3) is 0.235. The maximum absolute atomic E-state index is 14.3. The average molecular weight is 470 g/mol. The largest absolute Gasteiger partial charge is 0.494 e. The first-order chi connectivity index (χ1) is 13.5. The Labute approximate surface area is 182 Å². The van der Waals surface area contributed by atoms with Crippen LogP contribution < -0.4 is 10.1 Å². The number of hydrogen-bond donors (Lipinski definition) is 2. The zero-order valence-electron chi connectivity index (χ0n) is 15.3. The number of anilines is 2. The predicted molar refractivity (Wildman–Crippen MR) is 97.5 cm³/mol. The molecule has 2 aromatic heterocycles. The number of nitrogens with one attached hydrogen (secondary N) is 1. The van der Waals surface area contributed by atoms with Gasteiger partial charge >= 0.3 is 5.97 Å². The summed E-state index contributed by atoms with van der Waals surface area (Å²) in [4.78, 5) is 15.6. The Hall–Kier alpha value is -2.65. The molecule has 12 heteroatoms. The molecule has 4 rings (SSSR count). The maximum Gasteiger partial charge on any atom is 0.358 e. The van der Waals surface area contributed by atoms with E-state index in [0.29, 0.717) is 17.4 Å². The van der Waals surface area contributed by atoms with Crippen LogP contribution in [0.5, 0.6) is 5.75 Å². The quantitative estimate of drug-likeness (QED) is 0.528. The molecule has 0 bridgehead atoms. The Morgan fingerprint density at radius 2 is 2.07 bits per heavy atom. The number of aromatic carboxylic acids is 1. The van der Waals surface area contributed by atoms with Gasteiger partial charge in [0.25, 0.3) is 0 Å². The number of benzene rings is 1. The van der Waals surface area contributed by atoms with Crippen molar-refractivity contribution in [2.75, 3.05) is 12.4 Å². The van der Waals surface area contributed by atoms with Crippen LogP contribution in [0.25, 0.3) is 11.4 Å². The molecule has 0 unspecified atom stereocenters. The van der Waals surface area contributed by atoms with Gasteiger partial charge in [-0.3, -0.25) is 0 Å². The zero-order valence-corrected chi connectivity index (χ0v) is 19.0. The third-order valence-corrected chi connectivity index (χ3v) is 4.35. The van der Waals surface area contributed by atoms with Crippen LogP contribution in [0.15, 0.2) is 24.5 Å². The van der Waals surface area contributed by atoms with Crippen molar-refractivity contribution in [1.29, 1.82) is 0 Å². The molecule has 0 aliphatic heterocycles. The molecule has 0 saturated heterocycles. The summed E-state index contributed by atoms with van der Waals surface area (Å²) in [5.41, 5.74) is 0.174. The van der Waals surface area contributed by atoms with E-state index in [1.807, 2.05) is 0 Å². The molecule has 9 nitrogen and oxygen atoms in total. The normalized spacial score (nSPS) is 12.9. The molecule has 1 aliphatic carbocycles. The Morgan fingerprint density at radius 3 is 2.72 bits per heavy atom. The predicted octanol–water partition coefficient (Wildman–Crippen LogP) is 3.31. The molecule has 1 saturated carbocycles. The second-order valence-electron chi connectivity index (χ2n) is 6.17. The summed E-state index contributed by atoms with van der Waals surface area (Å²) >= 11 is 5.82. The molecule has 29 heavy (non-hydrogen) atoms. The van der Waals surface area contributed by atoms with Gasteiger partial charge in [0.2, 0.25) is 0 Å². The van der Waals surface area contributed by atoms with E-state index in [2.05, 4.69) is 25.6 Å². The smallest absolute Gasteiger partial charge is 0.358 e. The number of nitrogens with zero attached hydrogens (tertiary/aromatic N) is 5. The van der Waals surface area contributed by atoms with Crippen molar-refractivity contribution in [3.05, 3.63) is 41.2 Å². The van der Waals surface area contributed by atoms with Crippen LogP contribution in [0, 0.1) is 5.82 Å². The summed E-state index contributed by atoms with van der Waals surface area (Å²) in [7, 11) is 1.41. The van der Waals surface area contributed by atoms with E-state index in [4.69, 9.17) is 16.3 Å².